The summed E-state index contributed by atoms with van der Waals surface area (Å²) in [5, 5.41) is 0. The molecule has 0 aliphatic rings. The summed E-state index contributed by atoms with van der Waals surface area (Å²) in [5.74, 6) is 0. The highest BCUT2D eigenvalue weighted by molar-refractivity contribution is 9.13. The first-order chi connectivity index (χ1) is 5.22. The van der Waals surface area contributed by atoms with Crippen molar-refractivity contribution in [1.82, 2.24) is 0 Å². The minimum absolute atomic E-state index is 0.212. The van der Waals surface area contributed by atoms with Crippen LogP contribution in [0.4, 0.5) is 0 Å². The molecule has 1 atom stereocenters. The fourth-order valence-corrected chi connectivity index (χ4v) is 1.37. The van der Waals surface area contributed by atoms with Gasteiger partial charge in [0.15, 0.2) is 0 Å². The Morgan fingerprint density at radius 3 is 2.27 bits per heavy atom. The summed E-state index contributed by atoms with van der Waals surface area (Å²) in [6, 6.07) is 10.1. The molecule has 0 radical (unpaired) electrons. The van der Waals surface area contributed by atoms with Gasteiger partial charge in [-0.1, -0.05) is 68.8 Å². The van der Waals surface area contributed by atoms with Gasteiger partial charge in [0, 0.05) is 4.48 Å². The summed E-state index contributed by atoms with van der Waals surface area (Å²) in [4.78, 5) is 0.212. The van der Waals surface area contributed by atoms with Crippen molar-refractivity contribution in [1.29, 1.82) is 0 Å². The molecular formula is C9H8Br2. The highest BCUT2D eigenvalue weighted by Crippen LogP contribution is 2.32. The lowest BCUT2D eigenvalue weighted by Crippen LogP contribution is -1.86. The van der Waals surface area contributed by atoms with Gasteiger partial charge in [-0.2, -0.15) is 0 Å². The second-order valence-corrected chi connectivity index (χ2v) is 4.15. The Hall–Kier alpha value is -0.0800. The summed E-state index contributed by atoms with van der Waals surface area (Å²) < 4.78 is 0.948. The largest absolute Gasteiger partial charge is 0.0874 e. The molecule has 11 heavy (non-hydrogen) atoms. The molecule has 1 aromatic rings. The number of halogens is 2. The van der Waals surface area contributed by atoms with E-state index in [1.807, 2.05) is 18.2 Å². The predicted molar refractivity (Wildman–Crippen MR) is 56.2 cm³/mol. The Kier molecular flexibility index (Phi) is 3.34. The van der Waals surface area contributed by atoms with Crippen molar-refractivity contribution in [3.63, 3.8) is 0 Å². The average molecular weight is 276 g/mol. The maximum Gasteiger partial charge on any atom is 0.0704 e. The van der Waals surface area contributed by atoms with Crippen LogP contribution >= 0.6 is 31.9 Å². The molecule has 0 nitrogen and oxygen atoms in total. The van der Waals surface area contributed by atoms with Crippen LogP contribution in [0.2, 0.25) is 0 Å². The zero-order chi connectivity index (χ0) is 8.27. The fourth-order valence-electron chi connectivity index (χ4n) is 0.803. The van der Waals surface area contributed by atoms with Crippen molar-refractivity contribution in [2.24, 2.45) is 0 Å². The van der Waals surface area contributed by atoms with Crippen LogP contribution in [0.1, 0.15) is 10.4 Å². The number of hydrogen-bond acceptors (Lipinski definition) is 0. The zero-order valence-electron chi connectivity index (χ0n) is 5.93. The van der Waals surface area contributed by atoms with Gasteiger partial charge < -0.3 is 0 Å². The maximum absolute atomic E-state index is 3.80. The molecule has 1 unspecified atom stereocenters. The Morgan fingerprint density at radius 1 is 1.27 bits per heavy atom. The predicted octanol–water partition coefficient (Wildman–Crippen LogP) is 4.03. The van der Waals surface area contributed by atoms with Crippen LogP contribution in [-0.4, -0.2) is 0 Å². The summed E-state index contributed by atoms with van der Waals surface area (Å²) in [5.41, 5.74) is 1.22. The van der Waals surface area contributed by atoms with Crippen LogP contribution < -0.4 is 0 Å². The molecule has 58 valence electrons. The lowest BCUT2D eigenvalue weighted by molar-refractivity contribution is 1.25. The smallest absolute Gasteiger partial charge is 0.0704 e. The van der Waals surface area contributed by atoms with Crippen LogP contribution in [-0.2, 0) is 0 Å². The lowest BCUT2D eigenvalue weighted by atomic mass is 10.1. The lowest BCUT2D eigenvalue weighted by Gasteiger charge is -2.06. The quantitative estimate of drug-likeness (QED) is 0.715. The average Bonchev–Trinajstić information content (AvgIpc) is 2.05. The SMILES string of the molecule is C=C(Br)C(Br)c1ccccc1. The van der Waals surface area contributed by atoms with Crippen LogP contribution in [0.5, 0.6) is 0 Å². The molecular weight excluding hydrogens is 268 g/mol. The topological polar surface area (TPSA) is 0 Å². The second kappa shape index (κ2) is 4.07. The molecule has 0 amide bonds. The van der Waals surface area contributed by atoms with Gasteiger partial charge in [0.05, 0.1) is 4.83 Å². The number of benzene rings is 1. The standard InChI is InChI=1S/C9H8Br2/c1-7(10)9(11)8-5-3-2-4-6-8/h2-6,9H,1H2. The molecule has 0 fully saturated rings. The van der Waals surface area contributed by atoms with Crippen molar-refractivity contribution in [2.75, 3.05) is 0 Å². The maximum atomic E-state index is 3.80. The normalized spacial score (nSPS) is 12.5. The molecule has 0 aromatic heterocycles. The van der Waals surface area contributed by atoms with E-state index in [0.29, 0.717) is 0 Å². The van der Waals surface area contributed by atoms with E-state index in [9.17, 15) is 0 Å². The Labute approximate surface area is 83.6 Å². The van der Waals surface area contributed by atoms with E-state index in [4.69, 9.17) is 0 Å². The van der Waals surface area contributed by atoms with E-state index in [1.165, 1.54) is 5.56 Å². The molecule has 0 heterocycles. The molecule has 0 bridgehead atoms. The summed E-state index contributed by atoms with van der Waals surface area (Å²) in [7, 11) is 0. The Balaban J connectivity index is 2.85. The van der Waals surface area contributed by atoms with Crippen LogP contribution in [0.15, 0.2) is 41.4 Å². The van der Waals surface area contributed by atoms with E-state index in [-0.39, 0.29) is 4.83 Å². The second-order valence-electron chi connectivity index (χ2n) is 2.22. The molecule has 0 aliphatic carbocycles. The third-order valence-electron chi connectivity index (χ3n) is 1.37. The van der Waals surface area contributed by atoms with E-state index < -0.39 is 0 Å². The summed E-state index contributed by atoms with van der Waals surface area (Å²) in [6.45, 7) is 3.80. The van der Waals surface area contributed by atoms with Crippen molar-refractivity contribution in [3.8, 4) is 0 Å². The van der Waals surface area contributed by atoms with Gasteiger partial charge in [0.2, 0.25) is 0 Å². The van der Waals surface area contributed by atoms with Gasteiger partial charge in [0.1, 0.15) is 0 Å². The molecule has 0 saturated carbocycles. The molecule has 0 N–H and O–H groups in total. The van der Waals surface area contributed by atoms with E-state index in [2.05, 4.69) is 50.6 Å². The number of rotatable bonds is 2. The van der Waals surface area contributed by atoms with Gasteiger partial charge in [-0.3, -0.25) is 0 Å². The van der Waals surface area contributed by atoms with Gasteiger partial charge in [-0.15, -0.1) is 0 Å². The minimum Gasteiger partial charge on any atom is -0.0874 e. The van der Waals surface area contributed by atoms with E-state index in [0.717, 1.165) is 4.48 Å². The number of allylic oxidation sites excluding steroid dienone is 1. The molecule has 1 rings (SSSR count). The molecule has 0 aliphatic heterocycles. The van der Waals surface area contributed by atoms with E-state index in [1.54, 1.807) is 0 Å². The fraction of sp³-hybridized carbons (Fsp3) is 0.111. The van der Waals surface area contributed by atoms with Gasteiger partial charge in [-0.25, -0.2) is 0 Å². The van der Waals surface area contributed by atoms with Gasteiger partial charge in [-0.05, 0) is 5.56 Å². The van der Waals surface area contributed by atoms with Crippen molar-refractivity contribution in [3.05, 3.63) is 47.0 Å². The molecule has 1 aromatic carbocycles. The third kappa shape index (κ3) is 2.46. The first kappa shape index (κ1) is 9.01. The number of alkyl halides is 1. The van der Waals surface area contributed by atoms with Crippen LogP contribution in [0.3, 0.4) is 0 Å². The highest BCUT2D eigenvalue weighted by Gasteiger charge is 2.06. The summed E-state index contributed by atoms with van der Waals surface area (Å²) >= 11 is 6.84. The first-order valence-corrected chi connectivity index (χ1v) is 4.96. The Morgan fingerprint density at radius 2 is 1.82 bits per heavy atom. The first-order valence-electron chi connectivity index (χ1n) is 3.25. The van der Waals surface area contributed by atoms with Crippen molar-refractivity contribution in [2.45, 2.75) is 4.83 Å². The third-order valence-corrected chi connectivity index (χ3v) is 3.52. The zero-order valence-corrected chi connectivity index (χ0v) is 9.10. The molecule has 0 saturated heterocycles. The van der Waals surface area contributed by atoms with E-state index >= 15 is 0 Å². The monoisotopic (exact) mass is 274 g/mol. The minimum atomic E-state index is 0.212. The van der Waals surface area contributed by atoms with Gasteiger partial charge in [0.25, 0.3) is 0 Å². The number of hydrogen-bond donors (Lipinski definition) is 0. The molecule has 0 spiro atoms. The summed E-state index contributed by atoms with van der Waals surface area (Å²) in [6.07, 6.45) is 0. The van der Waals surface area contributed by atoms with Crippen LogP contribution in [0, 0.1) is 0 Å². The highest BCUT2D eigenvalue weighted by atomic mass is 79.9. The Bertz CT molecular complexity index is 241. The van der Waals surface area contributed by atoms with Gasteiger partial charge >= 0.3 is 0 Å². The van der Waals surface area contributed by atoms with Crippen LogP contribution in [0.25, 0.3) is 0 Å². The van der Waals surface area contributed by atoms with Crippen molar-refractivity contribution >= 4 is 31.9 Å². The van der Waals surface area contributed by atoms with Crippen molar-refractivity contribution < 1.29 is 0 Å². The molecule has 2 heteroatoms.